The molecule has 1 aromatic carbocycles. The van der Waals surface area contributed by atoms with Crippen molar-refractivity contribution in [3.05, 3.63) is 52.6 Å². The maximum atomic E-state index is 12.2. The fraction of sp³-hybridized carbons (Fsp3) is 0.538. The summed E-state index contributed by atoms with van der Waals surface area (Å²) in [7, 11) is 0. The summed E-state index contributed by atoms with van der Waals surface area (Å²) >= 11 is 0. The summed E-state index contributed by atoms with van der Waals surface area (Å²) in [5.41, 5.74) is 7.77. The molecule has 0 radical (unpaired) electrons. The highest BCUT2D eigenvalue weighted by Gasteiger charge is 2.20. The number of hydrogen-bond donors (Lipinski definition) is 1. The number of amides is 1. The molecule has 1 aliphatic carbocycles. The lowest BCUT2D eigenvalue weighted by atomic mass is 9.80. The third kappa shape index (κ3) is 7.81. The summed E-state index contributed by atoms with van der Waals surface area (Å²) in [6.07, 6.45) is 10.9. The summed E-state index contributed by atoms with van der Waals surface area (Å²) in [4.78, 5) is 12.2. The van der Waals surface area contributed by atoms with Gasteiger partial charge in [0.2, 0.25) is 0 Å². The minimum atomic E-state index is -0.233. The van der Waals surface area contributed by atoms with E-state index in [2.05, 4.69) is 69.4 Å². The molecular formula is C26H38N2O2. The average molecular weight is 411 g/mol. The molecule has 0 aliphatic heterocycles. The minimum Gasteiger partial charge on any atom is -0.483 e. The van der Waals surface area contributed by atoms with Gasteiger partial charge in [-0.1, -0.05) is 56.2 Å². The first-order valence-electron chi connectivity index (χ1n) is 11.1. The Bertz CT molecular complexity index is 801. The molecule has 2 rings (SSSR count). The number of rotatable bonds is 9. The maximum absolute atomic E-state index is 12.2. The van der Waals surface area contributed by atoms with Crippen molar-refractivity contribution in [3.63, 3.8) is 0 Å². The van der Waals surface area contributed by atoms with Gasteiger partial charge in [0.15, 0.2) is 6.61 Å². The van der Waals surface area contributed by atoms with Crippen LogP contribution in [-0.2, 0) is 4.79 Å². The quantitative estimate of drug-likeness (QED) is 0.294. The highest BCUT2D eigenvalue weighted by molar-refractivity contribution is 5.78. The Balaban J connectivity index is 1.80. The molecule has 4 heteroatoms. The Morgan fingerprint density at radius 1 is 1.33 bits per heavy atom. The van der Waals surface area contributed by atoms with Crippen molar-refractivity contribution in [3.8, 4) is 5.75 Å². The van der Waals surface area contributed by atoms with Crippen LogP contribution in [0.5, 0.6) is 5.75 Å². The zero-order valence-corrected chi connectivity index (χ0v) is 19.5. The topological polar surface area (TPSA) is 50.7 Å². The Hall–Kier alpha value is -2.36. The number of nitrogens with one attached hydrogen (secondary N) is 1. The maximum Gasteiger partial charge on any atom is 0.277 e. The number of nitrogens with zero attached hydrogens (tertiary/aromatic N) is 1. The zero-order valence-electron chi connectivity index (χ0n) is 19.5. The summed E-state index contributed by atoms with van der Waals surface area (Å²) in [6.45, 7) is 12.8. The van der Waals surface area contributed by atoms with E-state index in [0.717, 1.165) is 42.6 Å². The number of carbonyl (C=O) groups excluding carboxylic acids is 1. The van der Waals surface area contributed by atoms with Crippen LogP contribution < -0.4 is 10.2 Å². The molecule has 0 saturated carbocycles. The van der Waals surface area contributed by atoms with Crippen molar-refractivity contribution in [2.45, 2.75) is 73.1 Å². The van der Waals surface area contributed by atoms with E-state index in [1.165, 1.54) is 5.57 Å². The van der Waals surface area contributed by atoms with E-state index in [-0.39, 0.29) is 12.5 Å². The van der Waals surface area contributed by atoms with E-state index in [0.29, 0.717) is 17.8 Å². The van der Waals surface area contributed by atoms with E-state index >= 15 is 0 Å². The molecule has 30 heavy (non-hydrogen) atoms. The molecular weight excluding hydrogens is 372 g/mol. The lowest BCUT2D eigenvalue weighted by molar-refractivity contribution is -0.123. The third-order valence-electron chi connectivity index (χ3n) is 5.62. The van der Waals surface area contributed by atoms with Crippen LogP contribution in [0.15, 0.2) is 46.6 Å². The second-order valence-electron chi connectivity index (χ2n) is 9.06. The van der Waals surface area contributed by atoms with Gasteiger partial charge in [0.1, 0.15) is 5.75 Å². The van der Waals surface area contributed by atoms with Crippen LogP contribution in [0.4, 0.5) is 0 Å². The van der Waals surface area contributed by atoms with E-state index in [9.17, 15) is 4.79 Å². The van der Waals surface area contributed by atoms with Crippen molar-refractivity contribution in [1.82, 2.24) is 5.43 Å². The highest BCUT2D eigenvalue weighted by Crippen LogP contribution is 2.30. The number of aryl methyl sites for hydroxylation is 1. The number of hydrazone groups is 1. The number of hydrogen-bond acceptors (Lipinski definition) is 3. The van der Waals surface area contributed by atoms with Gasteiger partial charge in [0.05, 0.1) is 0 Å². The molecule has 0 aromatic heterocycles. The summed E-state index contributed by atoms with van der Waals surface area (Å²) < 4.78 is 5.77. The Morgan fingerprint density at radius 2 is 2.10 bits per heavy atom. The molecule has 1 amide bonds. The van der Waals surface area contributed by atoms with Crippen LogP contribution in [0.1, 0.15) is 77.3 Å². The smallest absolute Gasteiger partial charge is 0.277 e. The van der Waals surface area contributed by atoms with Gasteiger partial charge in [0.25, 0.3) is 5.91 Å². The molecule has 1 aromatic rings. The third-order valence-corrected chi connectivity index (χ3v) is 5.62. The Morgan fingerprint density at radius 3 is 2.77 bits per heavy atom. The monoisotopic (exact) mass is 410 g/mol. The first kappa shape index (κ1) is 23.9. The van der Waals surface area contributed by atoms with Crippen molar-refractivity contribution >= 4 is 12.1 Å². The standard InChI is InChI=1S/C26H38N2O2/c1-18(2)8-7-9-22-11-12-23(21(6)15-22)16-27-28-26(29)17-30-25-14-20(5)10-13-24(25)19(3)4/h8,10-11,13-14,16,19,21,23H,7,9,12,15,17H2,1-6H3,(H,28,29)/b27-16-/t21-,23+/m1/s1. The first-order chi connectivity index (χ1) is 14.3. The van der Waals surface area contributed by atoms with Gasteiger partial charge >= 0.3 is 0 Å². The van der Waals surface area contributed by atoms with Gasteiger partial charge in [-0.25, -0.2) is 5.43 Å². The number of carbonyl (C=O) groups is 1. The van der Waals surface area contributed by atoms with Crippen LogP contribution in [-0.4, -0.2) is 18.7 Å². The number of allylic oxidation sites excluding steroid dienone is 4. The first-order valence-corrected chi connectivity index (χ1v) is 11.1. The number of benzene rings is 1. The molecule has 0 spiro atoms. The Labute approximate surface area is 182 Å². The summed E-state index contributed by atoms with van der Waals surface area (Å²) in [5, 5.41) is 4.20. The Kier molecular flexibility index (Phi) is 9.35. The second kappa shape index (κ2) is 11.7. The van der Waals surface area contributed by atoms with Crippen molar-refractivity contribution in [2.24, 2.45) is 16.9 Å². The van der Waals surface area contributed by atoms with Gasteiger partial charge in [-0.2, -0.15) is 5.10 Å². The van der Waals surface area contributed by atoms with Gasteiger partial charge < -0.3 is 4.74 Å². The summed E-state index contributed by atoms with van der Waals surface area (Å²) in [6, 6.07) is 6.12. The second-order valence-corrected chi connectivity index (χ2v) is 9.06. The van der Waals surface area contributed by atoms with Crippen LogP contribution in [0, 0.1) is 18.8 Å². The lowest BCUT2D eigenvalue weighted by Crippen LogP contribution is -2.26. The molecule has 0 bridgehead atoms. The van der Waals surface area contributed by atoms with Gasteiger partial charge in [-0.05, 0) is 75.5 Å². The van der Waals surface area contributed by atoms with Crippen molar-refractivity contribution in [1.29, 1.82) is 0 Å². The van der Waals surface area contributed by atoms with Crippen LogP contribution in [0.25, 0.3) is 0 Å². The molecule has 164 valence electrons. The molecule has 1 N–H and O–H groups in total. The molecule has 0 saturated heterocycles. The fourth-order valence-electron chi connectivity index (χ4n) is 3.77. The van der Waals surface area contributed by atoms with Crippen LogP contribution in [0.2, 0.25) is 0 Å². The fourth-order valence-corrected chi connectivity index (χ4v) is 3.77. The largest absolute Gasteiger partial charge is 0.483 e. The predicted octanol–water partition coefficient (Wildman–Crippen LogP) is 6.32. The minimum absolute atomic E-state index is 0.0326. The molecule has 1 aliphatic rings. The lowest BCUT2D eigenvalue weighted by Gasteiger charge is -2.25. The van der Waals surface area contributed by atoms with E-state index in [1.54, 1.807) is 5.57 Å². The van der Waals surface area contributed by atoms with Crippen LogP contribution >= 0.6 is 0 Å². The van der Waals surface area contributed by atoms with E-state index in [1.807, 2.05) is 19.2 Å². The highest BCUT2D eigenvalue weighted by atomic mass is 16.5. The van der Waals surface area contributed by atoms with Gasteiger partial charge in [-0.15, -0.1) is 0 Å². The van der Waals surface area contributed by atoms with E-state index in [4.69, 9.17) is 4.74 Å². The molecule has 0 unspecified atom stereocenters. The SMILES string of the molecule is CC(C)=CCCC1=CC[C@@H](/C=N\NC(=O)COc2cc(C)ccc2C(C)C)[C@H](C)C1. The zero-order chi connectivity index (χ0) is 22.1. The normalized spacial score (nSPS) is 19.0. The summed E-state index contributed by atoms with van der Waals surface area (Å²) in [5.74, 6) is 1.78. The molecule has 0 heterocycles. The predicted molar refractivity (Wildman–Crippen MR) is 126 cm³/mol. The van der Waals surface area contributed by atoms with Gasteiger partial charge in [0, 0.05) is 12.1 Å². The molecule has 2 atom stereocenters. The number of ether oxygens (including phenoxy) is 1. The van der Waals surface area contributed by atoms with E-state index < -0.39 is 0 Å². The average Bonchev–Trinajstić information content (AvgIpc) is 2.67. The van der Waals surface area contributed by atoms with Gasteiger partial charge in [-0.3, -0.25) is 4.79 Å². The molecule has 4 nitrogen and oxygen atoms in total. The van der Waals surface area contributed by atoms with Crippen LogP contribution in [0.3, 0.4) is 0 Å². The van der Waals surface area contributed by atoms with Crippen molar-refractivity contribution in [2.75, 3.05) is 6.61 Å². The van der Waals surface area contributed by atoms with Crippen molar-refractivity contribution < 1.29 is 9.53 Å². The molecule has 0 fully saturated rings.